The van der Waals surface area contributed by atoms with Crippen LogP contribution in [0.3, 0.4) is 0 Å². The second kappa shape index (κ2) is 45.5. The molecule has 0 rings (SSSR count). The Kier molecular flexibility index (Phi) is 42.0. The predicted octanol–water partition coefficient (Wildman–Crippen LogP) is -1.26. The number of nitrogens with two attached hydrogens (primary N) is 2. The van der Waals surface area contributed by atoms with Crippen LogP contribution in [0, 0.1) is 17.8 Å². The van der Waals surface area contributed by atoms with Crippen molar-refractivity contribution in [3.8, 4) is 0 Å². The van der Waals surface area contributed by atoms with Crippen molar-refractivity contribution < 1.29 is 90.7 Å². The van der Waals surface area contributed by atoms with Crippen LogP contribution >= 0.6 is 0 Å². The molecule has 0 bridgehead atoms. The van der Waals surface area contributed by atoms with Gasteiger partial charge in [-0.3, -0.25) is 52.7 Å². The summed E-state index contributed by atoms with van der Waals surface area (Å²) in [7, 11) is 1.32. The Labute approximate surface area is 530 Å². The van der Waals surface area contributed by atoms with E-state index in [4.69, 9.17) is 39.9 Å². The molecule has 31 nitrogen and oxygen atoms in total. The SMILES string of the molecule is CC[C@H](NC(=O)[C@H](C)NC(=O)[C@H](CC(C)C)NC(=O)[C@H](CC(=O)OC(C)(C)C)NC(=O)CN)C(=O)N[C@@H](CC(C)C)C(=O)N[C@@H](CCCNC(N)=O)C(=O)NC(C)(C)C(=O)N[C@@H](CC(C)C)C(=O)NCCOCCOCCOCCOCCOCCC(=O)OC. The van der Waals surface area contributed by atoms with Gasteiger partial charge in [-0.2, -0.15) is 0 Å². The van der Waals surface area contributed by atoms with Crippen LogP contribution in [0.2, 0.25) is 0 Å². The number of urea groups is 1. The average molecular weight is 1290 g/mol. The smallest absolute Gasteiger partial charge is 0.312 e. The summed E-state index contributed by atoms with van der Waals surface area (Å²) in [5.74, 6) is -8.35. The first-order chi connectivity index (χ1) is 42.2. The summed E-state index contributed by atoms with van der Waals surface area (Å²) >= 11 is 0. The van der Waals surface area contributed by atoms with Crippen LogP contribution in [0.15, 0.2) is 0 Å². The lowest BCUT2D eigenvalue weighted by Gasteiger charge is -2.31. The van der Waals surface area contributed by atoms with Gasteiger partial charge in [-0.15, -0.1) is 0 Å². The third kappa shape index (κ3) is 39.4. The number of rotatable bonds is 48. The van der Waals surface area contributed by atoms with Gasteiger partial charge >= 0.3 is 18.0 Å². The highest BCUT2D eigenvalue weighted by Gasteiger charge is 2.37. The molecule has 0 fully saturated rings. The van der Waals surface area contributed by atoms with E-state index in [1.165, 1.54) is 27.9 Å². The summed E-state index contributed by atoms with van der Waals surface area (Å²) < 4.78 is 37.1. The first kappa shape index (κ1) is 83.2. The third-order valence-electron chi connectivity index (χ3n) is 12.7. The molecule has 11 amide bonds. The molecule has 0 radical (unpaired) electrons. The minimum absolute atomic E-state index is 0.0133. The van der Waals surface area contributed by atoms with Gasteiger partial charge < -0.3 is 97.8 Å². The first-order valence-corrected chi connectivity index (χ1v) is 30.8. The first-order valence-electron chi connectivity index (χ1n) is 30.8. The monoisotopic (exact) mass is 1290 g/mol. The Morgan fingerprint density at radius 2 is 0.889 bits per heavy atom. The Hall–Kier alpha value is -6.80. The van der Waals surface area contributed by atoms with E-state index in [0.29, 0.717) is 39.6 Å². The molecular weight excluding hydrogens is 1180 g/mol. The molecule has 0 saturated carbocycles. The number of carbonyl (C=O) groups is 12. The number of methoxy groups -OCH3 is 1. The maximum atomic E-state index is 14.2. The Morgan fingerprint density at radius 3 is 1.34 bits per heavy atom. The normalized spacial score (nSPS) is 13.9. The lowest BCUT2D eigenvalue weighted by atomic mass is 9.98. The van der Waals surface area contributed by atoms with E-state index in [-0.39, 0.29) is 108 Å². The van der Waals surface area contributed by atoms with Gasteiger partial charge in [-0.1, -0.05) is 48.5 Å². The van der Waals surface area contributed by atoms with Gasteiger partial charge in [0.05, 0.1) is 92.6 Å². The minimum Gasteiger partial charge on any atom is -0.469 e. The fourth-order valence-electron chi connectivity index (χ4n) is 8.15. The van der Waals surface area contributed by atoms with Crippen molar-refractivity contribution >= 4 is 71.1 Å². The van der Waals surface area contributed by atoms with Crippen molar-refractivity contribution in [2.75, 3.05) is 92.8 Å². The summed E-state index contributed by atoms with van der Waals surface area (Å²) in [5.41, 5.74) is 8.14. The van der Waals surface area contributed by atoms with Gasteiger partial charge in [0.2, 0.25) is 53.2 Å². The van der Waals surface area contributed by atoms with Crippen LogP contribution in [0.25, 0.3) is 0 Å². The Morgan fingerprint density at radius 1 is 0.456 bits per heavy atom. The van der Waals surface area contributed by atoms with E-state index < -0.39 is 132 Å². The van der Waals surface area contributed by atoms with E-state index in [1.807, 2.05) is 13.8 Å². The van der Waals surface area contributed by atoms with Crippen LogP contribution in [-0.2, 0) is 85.9 Å². The molecule has 0 spiro atoms. The molecule has 0 aromatic heterocycles. The molecule has 31 heteroatoms. The molecular formula is C59H108N12O19. The largest absolute Gasteiger partial charge is 0.469 e. The highest BCUT2D eigenvalue weighted by molar-refractivity contribution is 5.99. The highest BCUT2D eigenvalue weighted by atomic mass is 16.6. The van der Waals surface area contributed by atoms with Crippen LogP contribution in [0.4, 0.5) is 4.79 Å². The van der Waals surface area contributed by atoms with Gasteiger partial charge in [0.15, 0.2) is 0 Å². The molecule has 0 saturated heterocycles. The summed E-state index contributed by atoms with van der Waals surface area (Å²) in [6, 6.07) is -9.69. The zero-order chi connectivity index (χ0) is 68.6. The zero-order valence-corrected chi connectivity index (χ0v) is 55.5. The van der Waals surface area contributed by atoms with E-state index in [2.05, 4.69) is 57.9 Å². The van der Waals surface area contributed by atoms with Crippen LogP contribution in [0.5, 0.6) is 0 Å². The molecule has 0 unspecified atom stereocenters. The van der Waals surface area contributed by atoms with Crippen molar-refractivity contribution in [2.24, 2.45) is 29.2 Å². The number of nitrogens with one attached hydrogen (secondary N) is 10. The number of amides is 11. The fourth-order valence-corrected chi connectivity index (χ4v) is 8.15. The Balaban J connectivity index is 5.84. The third-order valence-corrected chi connectivity index (χ3v) is 12.7. The van der Waals surface area contributed by atoms with Crippen molar-refractivity contribution in [3.05, 3.63) is 0 Å². The summed E-state index contributed by atoms with van der Waals surface area (Å²) in [5, 5.41) is 26.0. The second-order valence-corrected chi connectivity index (χ2v) is 24.1. The summed E-state index contributed by atoms with van der Waals surface area (Å²) in [4.78, 5) is 158. The average Bonchev–Trinajstić information content (AvgIpc) is 1.12. The molecule has 0 aliphatic rings. The molecule has 0 aromatic carbocycles. The molecule has 518 valence electrons. The Bertz CT molecular complexity index is 2250. The minimum atomic E-state index is -1.67. The van der Waals surface area contributed by atoms with Crippen molar-refractivity contribution in [1.82, 2.24) is 53.2 Å². The quantitative estimate of drug-likeness (QED) is 0.0250. The predicted molar refractivity (Wildman–Crippen MR) is 330 cm³/mol. The lowest BCUT2D eigenvalue weighted by molar-refractivity contribution is -0.156. The lowest BCUT2D eigenvalue weighted by Crippen LogP contribution is -2.63. The topological polar surface area (TPSA) is 442 Å². The maximum absolute atomic E-state index is 14.2. The second-order valence-electron chi connectivity index (χ2n) is 24.1. The molecule has 90 heavy (non-hydrogen) atoms. The van der Waals surface area contributed by atoms with Gasteiger partial charge in [0, 0.05) is 13.1 Å². The van der Waals surface area contributed by atoms with E-state index >= 15 is 0 Å². The molecule has 0 aliphatic carbocycles. The van der Waals surface area contributed by atoms with E-state index in [0.717, 1.165) is 0 Å². The molecule has 14 N–H and O–H groups in total. The number of esters is 2. The van der Waals surface area contributed by atoms with Crippen LogP contribution in [0.1, 0.15) is 141 Å². The van der Waals surface area contributed by atoms with E-state index in [1.54, 1.807) is 55.4 Å². The van der Waals surface area contributed by atoms with Crippen molar-refractivity contribution in [3.63, 3.8) is 0 Å². The number of hydrogen-bond donors (Lipinski definition) is 12. The van der Waals surface area contributed by atoms with Crippen LogP contribution < -0.4 is 64.6 Å². The molecule has 0 aromatic rings. The maximum Gasteiger partial charge on any atom is 0.312 e. The van der Waals surface area contributed by atoms with Gasteiger partial charge in [0.25, 0.3) is 0 Å². The molecule has 0 aliphatic heterocycles. The molecule has 7 atom stereocenters. The molecule has 0 heterocycles. The fraction of sp³-hybridized carbons (Fsp3) is 0.797. The van der Waals surface area contributed by atoms with Crippen molar-refractivity contribution in [1.29, 1.82) is 0 Å². The number of hydrogen-bond acceptors (Lipinski definition) is 20. The number of carbonyl (C=O) groups excluding carboxylic acids is 12. The number of ether oxygens (including phenoxy) is 7. The summed E-state index contributed by atoms with van der Waals surface area (Å²) in [6.45, 7) is 24.2. The number of primary amides is 1. The zero-order valence-electron chi connectivity index (χ0n) is 55.5. The summed E-state index contributed by atoms with van der Waals surface area (Å²) in [6.07, 6.45) is 0.0528. The van der Waals surface area contributed by atoms with E-state index in [9.17, 15) is 57.5 Å². The van der Waals surface area contributed by atoms with Crippen LogP contribution in [-0.4, -0.2) is 217 Å². The highest BCUT2D eigenvalue weighted by Crippen LogP contribution is 2.14. The van der Waals surface area contributed by atoms with Crippen molar-refractivity contribution in [2.45, 2.75) is 195 Å². The van der Waals surface area contributed by atoms with Gasteiger partial charge in [-0.25, -0.2) is 4.79 Å². The standard InChI is InChI=1S/C59H108N12O19/c1-15-40(66-49(75)39(8)64-52(78)43(32-37(4)5)69-54(80)45(65-46(72)35-60)34-48(74)90-58(9,10)11)51(77)68-44(33-38(6)7)53(79)67-41(17-16-19-63-57(61)83)55(81)71-59(12,13)56(82)70-42(31-36(2)3)50(76)62-20-22-86-24-26-88-28-30-89-29-27-87-25-23-85-21-18-47(73)84-14/h36-45H,15-35,60H2,1-14H3,(H,62,76)(H,64,78)(H,65,72)(H,66,75)(H,67,79)(H,68,77)(H,69,80)(H,70,82)(H,71,81)(H3,61,63,83)/t39-,40-,41-,42-,43-,44-,45-/m0/s1. The van der Waals surface area contributed by atoms with Gasteiger partial charge in [0.1, 0.15) is 53.4 Å². The van der Waals surface area contributed by atoms with Gasteiger partial charge in [-0.05, 0) is 97.8 Å².